The van der Waals surface area contributed by atoms with E-state index in [0.29, 0.717) is 30.9 Å². The number of carbonyl (C=O) groups is 2. The van der Waals surface area contributed by atoms with Crippen LogP contribution in [0.4, 0.5) is 4.39 Å². The lowest BCUT2D eigenvalue weighted by Crippen LogP contribution is -2.39. The molecule has 186 valence electrons. The second-order valence-electron chi connectivity index (χ2n) is 9.01. The first-order valence-corrected chi connectivity index (χ1v) is 12.0. The monoisotopic (exact) mass is 482 g/mol. The van der Waals surface area contributed by atoms with E-state index in [9.17, 15) is 19.1 Å². The zero-order valence-corrected chi connectivity index (χ0v) is 20.1. The Labute approximate surface area is 204 Å². The van der Waals surface area contributed by atoms with Crippen LogP contribution >= 0.6 is 0 Å². The zero-order chi connectivity index (χ0) is 24.9. The van der Waals surface area contributed by atoms with E-state index in [-0.39, 0.29) is 29.5 Å². The van der Waals surface area contributed by atoms with Gasteiger partial charge in [-0.1, -0.05) is 18.2 Å². The fourth-order valence-electron chi connectivity index (χ4n) is 4.54. The van der Waals surface area contributed by atoms with E-state index in [1.807, 2.05) is 13.8 Å². The van der Waals surface area contributed by atoms with Crippen LogP contribution in [-0.4, -0.2) is 72.1 Å². The average molecular weight is 483 g/mol. The molecule has 1 atom stereocenters. The smallest absolute Gasteiger partial charge is 0.295 e. The molecule has 1 unspecified atom stereocenters. The Morgan fingerprint density at radius 2 is 1.77 bits per heavy atom. The van der Waals surface area contributed by atoms with Gasteiger partial charge < -0.3 is 19.5 Å². The third-order valence-corrected chi connectivity index (χ3v) is 6.22. The SMILES string of the molecule is CC(C)Oc1ccc(/C(O)=C2\C(=O)C(=O)N(CCCN3CCOCC3)C2c2ccccc2F)cc1. The average Bonchev–Trinajstić information content (AvgIpc) is 3.09. The van der Waals surface area contributed by atoms with Crippen molar-refractivity contribution in [1.29, 1.82) is 0 Å². The number of aliphatic hydroxyl groups is 1. The lowest BCUT2D eigenvalue weighted by atomic mass is 9.95. The van der Waals surface area contributed by atoms with Gasteiger partial charge in [-0.05, 0) is 50.6 Å². The summed E-state index contributed by atoms with van der Waals surface area (Å²) >= 11 is 0. The maximum Gasteiger partial charge on any atom is 0.295 e. The highest BCUT2D eigenvalue weighted by Crippen LogP contribution is 2.40. The molecule has 8 heteroatoms. The Balaban J connectivity index is 1.66. The second-order valence-corrected chi connectivity index (χ2v) is 9.01. The molecule has 2 heterocycles. The predicted molar refractivity (Wildman–Crippen MR) is 129 cm³/mol. The quantitative estimate of drug-likeness (QED) is 0.351. The Morgan fingerprint density at radius 3 is 2.43 bits per heavy atom. The number of rotatable bonds is 8. The first kappa shape index (κ1) is 24.9. The summed E-state index contributed by atoms with van der Waals surface area (Å²) in [4.78, 5) is 29.8. The normalized spacial score (nSPS) is 20.6. The molecule has 0 aromatic heterocycles. The van der Waals surface area contributed by atoms with Crippen molar-refractivity contribution in [2.24, 2.45) is 0 Å². The van der Waals surface area contributed by atoms with E-state index in [4.69, 9.17) is 9.47 Å². The predicted octanol–water partition coefficient (Wildman–Crippen LogP) is 3.76. The molecule has 4 rings (SSSR count). The van der Waals surface area contributed by atoms with Crippen LogP contribution in [-0.2, 0) is 14.3 Å². The fourth-order valence-corrected chi connectivity index (χ4v) is 4.54. The van der Waals surface area contributed by atoms with Crippen LogP contribution in [0, 0.1) is 5.82 Å². The Hall–Kier alpha value is -3.23. The summed E-state index contributed by atoms with van der Waals surface area (Å²) in [6.45, 7) is 7.76. The summed E-state index contributed by atoms with van der Waals surface area (Å²) in [5, 5.41) is 11.1. The highest BCUT2D eigenvalue weighted by atomic mass is 19.1. The number of benzene rings is 2. The number of Topliss-reactive ketones (excluding diaryl/α,β-unsaturated/α-hetero) is 1. The number of ketones is 1. The number of likely N-dealkylation sites (tertiary alicyclic amines) is 1. The third-order valence-electron chi connectivity index (χ3n) is 6.22. The molecule has 2 aliphatic heterocycles. The fraction of sp³-hybridized carbons (Fsp3) is 0.407. The number of aliphatic hydroxyl groups excluding tert-OH is 1. The lowest BCUT2D eigenvalue weighted by Gasteiger charge is -2.29. The van der Waals surface area contributed by atoms with Gasteiger partial charge in [-0.3, -0.25) is 14.5 Å². The van der Waals surface area contributed by atoms with Crippen molar-refractivity contribution < 1.29 is 28.6 Å². The Morgan fingerprint density at radius 1 is 1.09 bits per heavy atom. The Bertz CT molecular complexity index is 1090. The minimum atomic E-state index is -1.01. The third kappa shape index (κ3) is 5.55. The second kappa shape index (κ2) is 11.0. The van der Waals surface area contributed by atoms with E-state index in [2.05, 4.69) is 4.90 Å². The Kier molecular flexibility index (Phi) is 7.83. The molecule has 0 bridgehead atoms. The van der Waals surface area contributed by atoms with Gasteiger partial charge in [0.05, 0.1) is 30.9 Å². The summed E-state index contributed by atoms with van der Waals surface area (Å²) in [5.41, 5.74) is 0.428. The van der Waals surface area contributed by atoms with E-state index < -0.39 is 23.5 Å². The molecule has 2 aromatic rings. The van der Waals surface area contributed by atoms with Crippen molar-refractivity contribution >= 4 is 17.4 Å². The molecule has 0 saturated carbocycles. The molecule has 1 amide bonds. The van der Waals surface area contributed by atoms with Gasteiger partial charge in [0.1, 0.15) is 17.3 Å². The van der Waals surface area contributed by atoms with E-state index in [1.54, 1.807) is 42.5 Å². The van der Waals surface area contributed by atoms with Crippen LogP contribution in [0.25, 0.3) is 5.76 Å². The molecular formula is C27H31FN2O5. The number of halogens is 1. The minimum Gasteiger partial charge on any atom is -0.507 e. The van der Waals surface area contributed by atoms with E-state index in [1.165, 1.54) is 11.0 Å². The molecular weight excluding hydrogens is 451 g/mol. The van der Waals surface area contributed by atoms with Crippen LogP contribution in [0.15, 0.2) is 54.1 Å². The summed E-state index contributed by atoms with van der Waals surface area (Å²) in [6, 6.07) is 11.7. The highest BCUT2D eigenvalue weighted by molar-refractivity contribution is 6.46. The van der Waals surface area contributed by atoms with Crippen molar-refractivity contribution in [2.45, 2.75) is 32.4 Å². The molecule has 2 fully saturated rings. The summed E-state index contributed by atoms with van der Waals surface area (Å²) in [7, 11) is 0. The molecule has 7 nitrogen and oxygen atoms in total. The topological polar surface area (TPSA) is 79.3 Å². The first-order chi connectivity index (χ1) is 16.9. The summed E-state index contributed by atoms with van der Waals surface area (Å²) < 4.78 is 25.9. The molecule has 2 saturated heterocycles. The van der Waals surface area contributed by atoms with Gasteiger partial charge in [0.15, 0.2) is 0 Å². The number of carbonyl (C=O) groups excluding carboxylic acids is 2. The van der Waals surface area contributed by atoms with Gasteiger partial charge in [-0.15, -0.1) is 0 Å². The van der Waals surface area contributed by atoms with Crippen LogP contribution in [0.3, 0.4) is 0 Å². The molecule has 1 N–H and O–H groups in total. The molecule has 0 radical (unpaired) electrons. The highest BCUT2D eigenvalue weighted by Gasteiger charge is 2.46. The molecule has 0 aliphatic carbocycles. The van der Waals surface area contributed by atoms with Crippen molar-refractivity contribution in [3.63, 3.8) is 0 Å². The van der Waals surface area contributed by atoms with Gasteiger partial charge in [-0.25, -0.2) is 4.39 Å². The van der Waals surface area contributed by atoms with Crippen molar-refractivity contribution in [1.82, 2.24) is 9.80 Å². The first-order valence-electron chi connectivity index (χ1n) is 12.0. The maximum absolute atomic E-state index is 14.9. The number of hydrogen-bond donors (Lipinski definition) is 1. The van der Waals surface area contributed by atoms with Gasteiger partial charge in [-0.2, -0.15) is 0 Å². The molecule has 2 aromatic carbocycles. The van der Waals surface area contributed by atoms with Gasteiger partial charge in [0.25, 0.3) is 11.7 Å². The summed E-state index contributed by atoms with van der Waals surface area (Å²) in [5.74, 6) is -1.80. The van der Waals surface area contributed by atoms with Crippen LogP contribution in [0.2, 0.25) is 0 Å². The van der Waals surface area contributed by atoms with Gasteiger partial charge in [0.2, 0.25) is 0 Å². The number of amides is 1. The number of hydrogen-bond acceptors (Lipinski definition) is 6. The number of ether oxygens (including phenoxy) is 2. The molecule has 0 spiro atoms. The van der Waals surface area contributed by atoms with Crippen LogP contribution in [0.5, 0.6) is 5.75 Å². The standard InChI is InChI=1S/C27H31FN2O5/c1-18(2)35-20-10-8-19(9-11-20)25(31)23-24(21-6-3-4-7-22(21)28)30(27(33)26(23)32)13-5-12-29-14-16-34-17-15-29/h3-4,6-11,18,24,31H,5,12-17H2,1-2H3/b25-23+. The number of morpholine rings is 1. The lowest BCUT2D eigenvalue weighted by molar-refractivity contribution is -0.140. The minimum absolute atomic E-state index is 0.0155. The van der Waals surface area contributed by atoms with Gasteiger partial charge in [0, 0.05) is 37.3 Å². The van der Waals surface area contributed by atoms with Crippen molar-refractivity contribution in [2.75, 3.05) is 39.4 Å². The van der Waals surface area contributed by atoms with Crippen molar-refractivity contribution in [3.05, 3.63) is 71.0 Å². The number of nitrogens with zero attached hydrogens (tertiary/aromatic N) is 2. The zero-order valence-electron chi connectivity index (χ0n) is 20.1. The van der Waals surface area contributed by atoms with Crippen molar-refractivity contribution in [3.8, 4) is 5.75 Å². The van der Waals surface area contributed by atoms with Crippen LogP contribution in [0.1, 0.15) is 37.4 Å². The van der Waals surface area contributed by atoms with E-state index in [0.717, 1.165) is 19.6 Å². The maximum atomic E-state index is 14.9. The van der Waals surface area contributed by atoms with Crippen LogP contribution < -0.4 is 4.74 Å². The largest absolute Gasteiger partial charge is 0.507 e. The van der Waals surface area contributed by atoms with Gasteiger partial charge >= 0.3 is 0 Å². The molecule has 2 aliphatic rings. The van der Waals surface area contributed by atoms with E-state index >= 15 is 0 Å². The molecule has 35 heavy (non-hydrogen) atoms. The summed E-state index contributed by atoms with van der Waals surface area (Å²) in [6.07, 6.45) is 0.595.